The van der Waals surface area contributed by atoms with Gasteiger partial charge < -0.3 is 5.73 Å². The molecule has 0 fully saturated rings. The van der Waals surface area contributed by atoms with E-state index in [4.69, 9.17) is 5.73 Å². The zero-order chi connectivity index (χ0) is 13.7. The Morgan fingerprint density at radius 1 is 1.05 bits per heavy atom. The molecule has 0 bridgehead atoms. The first-order valence-corrected chi connectivity index (χ1v) is 6.75. The van der Waals surface area contributed by atoms with Crippen molar-refractivity contribution in [3.63, 3.8) is 0 Å². The molecule has 0 aromatic heterocycles. The van der Waals surface area contributed by atoms with Crippen LogP contribution in [0.25, 0.3) is 17.2 Å². The highest BCUT2D eigenvalue weighted by atomic mass is 14.5. The molecule has 0 atom stereocenters. The molecule has 0 heterocycles. The predicted octanol–water partition coefficient (Wildman–Crippen LogP) is 4.33. The van der Waals surface area contributed by atoms with Crippen molar-refractivity contribution in [1.29, 1.82) is 0 Å². The minimum Gasteiger partial charge on any atom is -0.330 e. The molecular weight excluding hydrogens is 230 g/mol. The zero-order valence-electron chi connectivity index (χ0n) is 11.7. The smallest absolute Gasteiger partial charge is 0.00425 e. The highest BCUT2D eigenvalue weighted by Gasteiger charge is 2.03. The number of hydrogen-bond donors (Lipinski definition) is 1. The lowest BCUT2D eigenvalue weighted by molar-refractivity contribution is 1.01. The normalized spacial score (nSPS) is 11.1. The Hall–Kier alpha value is -1.86. The summed E-state index contributed by atoms with van der Waals surface area (Å²) in [4.78, 5) is 0. The van der Waals surface area contributed by atoms with Crippen LogP contribution in [-0.2, 0) is 0 Å². The SMILES string of the molecule is Cc1cccc(-c2cccc(/C=C/CCN)c2)c1C. The molecular formula is C18H21N. The van der Waals surface area contributed by atoms with Gasteiger partial charge in [-0.25, -0.2) is 0 Å². The third-order valence-electron chi connectivity index (χ3n) is 3.45. The fraction of sp³-hybridized carbons (Fsp3) is 0.222. The first kappa shape index (κ1) is 13.6. The van der Waals surface area contributed by atoms with Crippen LogP contribution in [0.3, 0.4) is 0 Å². The Bertz CT molecular complexity index is 582. The molecule has 0 spiro atoms. The van der Waals surface area contributed by atoms with Gasteiger partial charge in [0.1, 0.15) is 0 Å². The Labute approximate surface area is 115 Å². The maximum Gasteiger partial charge on any atom is -0.00425 e. The topological polar surface area (TPSA) is 26.0 Å². The summed E-state index contributed by atoms with van der Waals surface area (Å²) in [5.41, 5.74) is 12.0. The van der Waals surface area contributed by atoms with Gasteiger partial charge in [-0.05, 0) is 60.7 Å². The van der Waals surface area contributed by atoms with E-state index in [0.717, 1.165) is 6.42 Å². The number of hydrogen-bond acceptors (Lipinski definition) is 1. The standard InChI is InChI=1S/C18H21N/c1-14-7-5-11-18(15(14)2)17-10-6-9-16(13-17)8-3-4-12-19/h3,5-11,13H,4,12,19H2,1-2H3/b8-3+. The van der Waals surface area contributed by atoms with Gasteiger partial charge in [-0.1, -0.05) is 48.6 Å². The molecule has 0 aliphatic carbocycles. The van der Waals surface area contributed by atoms with E-state index in [0.29, 0.717) is 6.54 Å². The van der Waals surface area contributed by atoms with Gasteiger partial charge >= 0.3 is 0 Å². The number of aryl methyl sites for hydroxylation is 1. The summed E-state index contributed by atoms with van der Waals surface area (Å²) in [6, 6.07) is 15.1. The molecule has 0 radical (unpaired) electrons. The summed E-state index contributed by atoms with van der Waals surface area (Å²) >= 11 is 0. The van der Waals surface area contributed by atoms with Crippen molar-refractivity contribution in [3.8, 4) is 11.1 Å². The van der Waals surface area contributed by atoms with Crippen molar-refractivity contribution in [2.24, 2.45) is 5.73 Å². The molecule has 0 unspecified atom stereocenters. The predicted molar refractivity (Wildman–Crippen MR) is 84.1 cm³/mol. The Balaban J connectivity index is 2.35. The van der Waals surface area contributed by atoms with Gasteiger partial charge in [-0.3, -0.25) is 0 Å². The lowest BCUT2D eigenvalue weighted by atomic mass is 9.96. The molecule has 1 heteroatoms. The van der Waals surface area contributed by atoms with Crippen molar-refractivity contribution in [1.82, 2.24) is 0 Å². The monoisotopic (exact) mass is 251 g/mol. The minimum atomic E-state index is 0.702. The van der Waals surface area contributed by atoms with Crippen molar-refractivity contribution >= 4 is 6.08 Å². The molecule has 0 saturated carbocycles. The zero-order valence-corrected chi connectivity index (χ0v) is 11.7. The van der Waals surface area contributed by atoms with Crippen LogP contribution in [0.15, 0.2) is 48.5 Å². The quantitative estimate of drug-likeness (QED) is 0.859. The van der Waals surface area contributed by atoms with Crippen molar-refractivity contribution in [3.05, 3.63) is 65.2 Å². The fourth-order valence-electron chi connectivity index (χ4n) is 2.19. The third kappa shape index (κ3) is 3.33. The van der Waals surface area contributed by atoms with E-state index >= 15 is 0 Å². The second-order valence-corrected chi connectivity index (χ2v) is 4.85. The number of nitrogens with two attached hydrogens (primary N) is 1. The molecule has 0 amide bonds. The molecule has 19 heavy (non-hydrogen) atoms. The Morgan fingerprint density at radius 3 is 2.63 bits per heavy atom. The molecule has 2 aromatic carbocycles. The van der Waals surface area contributed by atoms with E-state index in [2.05, 4.69) is 68.5 Å². The van der Waals surface area contributed by atoms with E-state index in [1.165, 1.54) is 27.8 Å². The van der Waals surface area contributed by atoms with Crippen LogP contribution in [0.1, 0.15) is 23.1 Å². The largest absolute Gasteiger partial charge is 0.330 e. The average molecular weight is 251 g/mol. The molecule has 2 rings (SSSR count). The first-order valence-electron chi connectivity index (χ1n) is 6.75. The van der Waals surface area contributed by atoms with Crippen LogP contribution in [0, 0.1) is 13.8 Å². The molecule has 1 nitrogen and oxygen atoms in total. The van der Waals surface area contributed by atoms with E-state index in [1.54, 1.807) is 0 Å². The lowest BCUT2D eigenvalue weighted by Gasteiger charge is -2.09. The molecule has 2 N–H and O–H groups in total. The highest BCUT2D eigenvalue weighted by Crippen LogP contribution is 2.26. The minimum absolute atomic E-state index is 0.702. The molecule has 98 valence electrons. The number of benzene rings is 2. The molecule has 2 aromatic rings. The molecule has 0 aliphatic heterocycles. The van der Waals surface area contributed by atoms with Gasteiger partial charge in [0, 0.05) is 0 Å². The molecule has 0 aliphatic rings. The Kier molecular flexibility index (Phi) is 4.53. The maximum absolute atomic E-state index is 5.50. The Morgan fingerprint density at radius 2 is 1.84 bits per heavy atom. The van der Waals surface area contributed by atoms with Crippen LogP contribution in [0.5, 0.6) is 0 Å². The average Bonchev–Trinajstić information content (AvgIpc) is 2.43. The summed E-state index contributed by atoms with van der Waals surface area (Å²) < 4.78 is 0. The van der Waals surface area contributed by atoms with E-state index < -0.39 is 0 Å². The van der Waals surface area contributed by atoms with E-state index in [9.17, 15) is 0 Å². The van der Waals surface area contributed by atoms with Gasteiger partial charge in [0.2, 0.25) is 0 Å². The summed E-state index contributed by atoms with van der Waals surface area (Å²) in [5, 5.41) is 0. The van der Waals surface area contributed by atoms with Gasteiger partial charge in [0.25, 0.3) is 0 Å². The molecule has 0 saturated heterocycles. The van der Waals surface area contributed by atoms with E-state index in [-0.39, 0.29) is 0 Å². The van der Waals surface area contributed by atoms with Crippen molar-refractivity contribution in [2.75, 3.05) is 6.54 Å². The summed E-state index contributed by atoms with van der Waals surface area (Å²) in [6.45, 7) is 5.04. The van der Waals surface area contributed by atoms with Crippen molar-refractivity contribution < 1.29 is 0 Å². The second kappa shape index (κ2) is 6.35. The van der Waals surface area contributed by atoms with Crippen LogP contribution in [0.4, 0.5) is 0 Å². The van der Waals surface area contributed by atoms with Crippen LogP contribution < -0.4 is 5.73 Å². The van der Waals surface area contributed by atoms with Crippen LogP contribution >= 0.6 is 0 Å². The highest BCUT2D eigenvalue weighted by molar-refractivity contribution is 5.71. The summed E-state index contributed by atoms with van der Waals surface area (Å²) in [6.07, 6.45) is 5.19. The fourth-order valence-corrected chi connectivity index (χ4v) is 2.19. The third-order valence-corrected chi connectivity index (χ3v) is 3.45. The number of rotatable bonds is 4. The maximum atomic E-state index is 5.50. The van der Waals surface area contributed by atoms with Gasteiger partial charge in [0.05, 0.1) is 0 Å². The first-order chi connectivity index (χ1) is 9.22. The van der Waals surface area contributed by atoms with E-state index in [1.807, 2.05) is 0 Å². The second-order valence-electron chi connectivity index (χ2n) is 4.85. The lowest BCUT2D eigenvalue weighted by Crippen LogP contribution is -1.94. The van der Waals surface area contributed by atoms with Crippen molar-refractivity contribution in [2.45, 2.75) is 20.3 Å². The van der Waals surface area contributed by atoms with Gasteiger partial charge in [-0.15, -0.1) is 0 Å². The van der Waals surface area contributed by atoms with Crippen LogP contribution in [0.2, 0.25) is 0 Å². The van der Waals surface area contributed by atoms with Crippen LogP contribution in [-0.4, -0.2) is 6.54 Å². The summed E-state index contributed by atoms with van der Waals surface area (Å²) in [7, 11) is 0. The van der Waals surface area contributed by atoms with Gasteiger partial charge in [-0.2, -0.15) is 0 Å². The summed E-state index contributed by atoms with van der Waals surface area (Å²) in [5.74, 6) is 0. The van der Waals surface area contributed by atoms with Gasteiger partial charge in [0.15, 0.2) is 0 Å².